The molecule has 0 aliphatic carbocycles. The van der Waals surface area contributed by atoms with Crippen LogP contribution in [-0.2, 0) is 20.7 Å². The van der Waals surface area contributed by atoms with Gasteiger partial charge in [-0.3, -0.25) is 19.7 Å². The largest absolute Gasteiger partial charge is 0.496 e. The minimum atomic E-state index is -1.23. The summed E-state index contributed by atoms with van der Waals surface area (Å²) in [4.78, 5) is 34.8. The van der Waals surface area contributed by atoms with Gasteiger partial charge in [-0.05, 0) is 36.8 Å². The number of ether oxygens (including phenoxy) is 3. The zero-order valence-electron chi connectivity index (χ0n) is 15.9. The number of nitro benzene ring substituents is 1. The molecule has 0 bridgehead atoms. The van der Waals surface area contributed by atoms with E-state index >= 15 is 0 Å². The van der Waals surface area contributed by atoms with Gasteiger partial charge in [0.05, 0.1) is 31.6 Å². The highest BCUT2D eigenvalue weighted by Gasteiger charge is 2.23. The number of carbonyl (C=O) groups is 2. The lowest BCUT2D eigenvalue weighted by molar-refractivity contribution is -0.384. The molecule has 0 radical (unpaired) electrons. The van der Waals surface area contributed by atoms with Crippen molar-refractivity contribution in [1.29, 1.82) is 0 Å². The molecule has 1 unspecified atom stereocenters. The molecule has 9 nitrogen and oxygen atoms in total. The van der Waals surface area contributed by atoms with Gasteiger partial charge < -0.3 is 19.5 Å². The van der Waals surface area contributed by atoms with Crippen LogP contribution in [0.3, 0.4) is 0 Å². The molecule has 0 fully saturated rings. The van der Waals surface area contributed by atoms with Gasteiger partial charge in [0.1, 0.15) is 11.4 Å². The van der Waals surface area contributed by atoms with E-state index < -0.39 is 28.7 Å². The summed E-state index contributed by atoms with van der Waals surface area (Å²) in [6.45, 7) is 1.32. The maximum atomic E-state index is 13.7. The van der Waals surface area contributed by atoms with E-state index in [0.717, 1.165) is 12.1 Å². The van der Waals surface area contributed by atoms with E-state index in [-0.39, 0.29) is 29.3 Å². The van der Waals surface area contributed by atoms with Crippen molar-refractivity contribution in [1.82, 2.24) is 0 Å². The molecule has 0 heterocycles. The number of halogens is 1. The molecule has 0 saturated heterocycles. The summed E-state index contributed by atoms with van der Waals surface area (Å²) in [5.41, 5.74) is -0.0995. The van der Waals surface area contributed by atoms with Gasteiger partial charge in [-0.25, -0.2) is 4.39 Å². The van der Waals surface area contributed by atoms with E-state index in [9.17, 15) is 24.1 Å². The minimum Gasteiger partial charge on any atom is -0.496 e. The molecule has 154 valence electrons. The maximum Gasteiger partial charge on any atom is 0.311 e. The smallest absolute Gasteiger partial charge is 0.311 e. The maximum absolute atomic E-state index is 13.7. The van der Waals surface area contributed by atoms with Gasteiger partial charge in [0.15, 0.2) is 17.7 Å². The number of carbonyl (C=O) groups excluding carboxylic acids is 2. The fourth-order valence-corrected chi connectivity index (χ4v) is 2.41. The second-order valence-corrected chi connectivity index (χ2v) is 5.91. The fraction of sp³-hybridized carbons (Fsp3) is 0.263. The summed E-state index contributed by atoms with van der Waals surface area (Å²) < 4.78 is 28.4. The third kappa shape index (κ3) is 5.64. The average molecular weight is 406 g/mol. The molecule has 0 spiro atoms. The lowest BCUT2D eigenvalue weighted by Gasteiger charge is -2.14. The number of hydrogen-bond acceptors (Lipinski definition) is 7. The molecular weight excluding hydrogens is 387 g/mol. The number of benzene rings is 2. The van der Waals surface area contributed by atoms with Crippen LogP contribution < -0.4 is 14.8 Å². The molecule has 10 heteroatoms. The van der Waals surface area contributed by atoms with Crippen LogP contribution in [0.5, 0.6) is 11.5 Å². The highest BCUT2D eigenvalue weighted by molar-refractivity contribution is 5.97. The Kier molecular flexibility index (Phi) is 7.07. The van der Waals surface area contributed by atoms with Crippen LogP contribution in [0.15, 0.2) is 36.4 Å². The van der Waals surface area contributed by atoms with Gasteiger partial charge in [-0.2, -0.15) is 0 Å². The first kappa shape index (κ1) is 21.6. The second-order valence-electron chi connectivity index (χ2n) is 5.91. The van der Waals surface area contributed by atoms with E-state index in [1.807, 2.05) is 0 Å². The van der Waals surface area contributed by atoms with Gasteiger partial charge in [0.2, 0.25) is 0 Å². The summed E-state index contributed by atoms with van der Waals surface area (Å²) in [5, 5.41) is 13.5. The molecule has 2 rings (SSSR count). The Morgan fingerprint density at radius 1 is 1.17 bits per heavy atom. The summed E-state index contributed by atoms with van der Waals surface area (Å²) >= 11 is 0. The van der Waals surface area contributed by atoms with Crippen molar-refractivity contribution in [3.8, 4) is 11.5 Å². The summed E-state index contributed by atoms with van der Waals surface area (Å²) in [5.74, 6) is -1.86. The number of nitrogens with one attached hydrogen (secondary N) is 1. The number of nitrogens with zero attached hydrogens (tertiary/aromatic N) is 1. The summed E-state index contributed by atoms with van der Waals surface area (Å²) in [7, 11) is 2.67. The zero-order valence-corrected chi connectivity index (χ0v) is 15.9. The fourth-order valence-electron chi connectivity index (χ4n) is 2.41. The zero-order chi connectivity index (χ0) is 21.6. The van der Waals surface area contributed by atoms with E-state index in [1.165, 1.54) is 45.4 Å². The quantitative estimate of drug-likeness (QED) is 0.407. The number of anilines is 1. The minimum absolute atomic E-state index is 0.0379. The normalized spacial score (nSPS) is 11.3. The highest BCUT2D eigenvalue weighted by Crippen LogP contribution is 2.29. The monoisotopic (exact) mass is 406 g/mol. The molecule has 29 heavy (non-hydrogen) atoms. The van der Waals surface area contributed by atoms with Crippen LogP contribution in [0.1, 0.15) is 12.5 Å². The van der Waals surface area contributed by atoms with Crippen molar-refractivity contribution in [2.45, 2.75) is 19.4 Å². The number of rotatable bonds is 8. The van der Waals surface area contributed by atoms with Crippen molar-refractivity contribution >= 4 is 23.3 Å². The molecule has 0 aromatic heterocycles. The van der Waals surface area contributed by atoms with Crippen molar-refractivity contribution in [2.24, 2.45) is 0 Å². The number of hydrogen-bond donors (Lipinski definition) is 1. The average Bonchev–Trinajstić information content (AvgIpc) is 2.68. The van der Waals surface area contributed by atoms with Gasteiger partial charge in [-0.1, -0.05) is 6.07 Å². The SMILES string of the molecule is COc1ccc(NC(=O)C(C)OC(=O)Cc2ccc(OC)c(F)c2)c([N+](=O)[O-])c1. The number of esters is 1. The Labute approximate surface area is 165 Å². The van der Waals surface area contributed by atoms with Gasteiger partial charge in [0, 0.05) is 0 Å². The third-order valence-corrected chi connectivity index (χ3v) is 3.90. The van der Waals surface area contributed by atoms with E-state index in [4.69, 9.17) is 14.2 Å². The van der Waals surface area contributed by atoms with Crippen molar-refractivity contribution < 1.29 is 33.1 Å². The Balaban J connectivity index is 2.01. The first-order chi connectivity index (χ1) is 13.7. The summed E-state index contributed by atoms with van der Waals surface area (Å²) in [6.07, 6.45) is -1.49. The summed E-state index contributed by atoms with van der Waals surface area (Å²) in [6, 6.07) is 7.91. The number of amides is 1. The number of methoxy groups -OCH3 is 2. The van der Waals surface area contributed by atoms with Crippen LogP contribution in [0.25, 0.3) is 0 Å². The molecule has 1 amide bonds. The van der Waals surface area contributed by atoms with E-state index in [1.54, 1.807) is 0 Å². The number of nitro groups is 1. The van der Waals surface area contributed by atoms with Gasteiger partial charge in [-0.15, -0.1) is 0 Å². The second kappa shape index (κ2) is 9.49. The lowest BCUT2D eigenvalue weighted by Crippen LogP contribution is -2.30. The molecule has 0 aliphatic heterocycles. The predicted molar refractivity (Wildman–Crippen MR) is 100 cm³/mol. The molecular formula is C19H19FN2O7. The first-order valence-electron chi connectivity index (χ1n) is 8.40. The van der Waals surface area contributed by atoms with Crippen molar-refractivity contribution in [3.63, 3.8) is 0 Å². The standard InChI is InChI=1S/C19H19FN2O7/c1-11(29-18(23)9-12-4-7-17(28-3)14(20)8-12)19(24)21-15-6-5-13(27-2)10-16(15)22(25)26/h4-8,10-11H,9H2,1-3H3,(H,21,24). The third-order valence-electron chi connectivity index (χ3n) is 3.90. The van der Waals surface area contributed by atoms with Crippen LogP contribution in [0.4, 0.5) is 15.8 Å². The van der Waals surface area contributed by atoms with Crippen LogP contribution in [0.2, 0.25) is 0 Å². The molecule has 0 aliphatic rings. The van der Waals surface area contributed by atoms with Crippen molar-refractivity contribution in [3.05, 3.63) is 57.9 Å². The van der Waals surface area contributed by atoms with Crippen molar-refractivity contribution in [2.75, 3.05) is 19.5 Å². The highest BCUT2D eigenvalue weighted by atomic mass is 19.1. The van der Waals surface area contributed by atoms with Crippen LogP contribution in [0, 0.1) is 15.9 Å². The topological polar surface area (TPSA) is 117 Å². The van der Waals surface area contributed by atoms with E-state index in [0.29, 0.717) is 5.56 Å². The van der Waals surface area contributed by atoms with E-state index in [2.05, 4.69) is 5.32 Å². The molecule has 0 saturated carbocycles. The molecule has 2 aromatic rings. The Bertz CT molecular complexity index is 933. The first-order valence-corrected chi connectivity index (χ1v) is 8.40. The van der Waals surface area contributed by atoms with Gasteiger partial charge >= 0.3 is 5.97 Å². The molecule has 2 aromatic carbocycles. The lowest BCUT2D eigenvalue weighted by atomic mass is 10.1. The Morgan fingerprint density at radius 2 is 1.90 bits per heavy atom. The van der Waals surface area contributed by atoms with Gasteiger partial charge in [0.25, 0.3) is 11.6 Å². The van der Waals surface area contributed by atoms with Crippen LogP contribution in [-0.4, -0.2) is 37.1 Å². The molecule has 1 N–H and O–H groups in total. The van der Waals surface area contributed by atoms with Crippen LogP contribution >= 0.6 is 0 Å². The Hall–Kier alpha value is -3.69. The molecule has 1 atom stereocenters. The predicted octanol–water partition coefficient (Wildman–Crippen LogP) is 2.86. The Morgan fingerprint density at radius 3 is 2.48 bits per heavy atom.